The molecule has 36 heavy (non-hydrogen) atoms. The number of methoxy groups -OCH3 is 1. The van der Waals surface area contributed by atoms with Crippen molar-refractivity contribution in [1.29, 1.82) is 0 Å². The van der Waals surface area contributed by atoms with Crippen LogP contribution in [0.4, 0.5) is 11.4 Å². The number of hydrogen-bond donors (Lipinski definition) is 1. The zero-order chi connectivity index (χ0) is 25.8. The predicted octanol–water partition coefficient (Wildman–Crippen LogP) is 4.30. The summed E-state index contributed by atoms with van der Waals surface area (Å²) in [5.41, 5.74) is 1.10. The highest BCUT2D eigenvalue weighted by Gasteiger charge is 2.41. The second-order valence-corrected chi connectivity index (χ2v) is 8.13. The topological polar surface area (TPSA) is 96.4 Å². The zero-order valence-corrected chi connectivity index (χ0v) is 20.3. The summed E-state index contributed by atoms with van der Waals surface area (Å²) in [6.07, 6.45) is 0.163. The molecule has 0 radical (unpaired) electrons. The van der Waals surface area contributed by atoms with Crippen LogP contribution in [0.25, 0.3) is 6.08 Å². The van der Waals surface area contributed by atoms with Crippen molar-refractivity contribution in [1.82, 2.24) is 0 Å². The molecule has 1 saturated heterocycles. The Hall–Kier alpha value is -4.50. The fourth-order valence-electron chi connectivity index (χ4n) is 3.66. The number of carboxylic acid groups (broad SMARTS) is 1. The Balaban J connectivity index is 1.89. The molecule has 2 amide bonds. The van der Waals surface area contributed by atoms with Gasteiger partial charge in [0.05, 0.1) is 18.5 Å². The minimum absolute atomic E-state index is 0.0150. The predicted molar refractivity (Wildman–Crippen MR) is 139 cm³/mol. The molecule has 1 heterocycles. The highest BCUT2D eigenvalue weighted by molar-refractivity contribution is 7.81. The van der Waals surface area contributed by atoms with Crippen molar-refractivity contribution in [2.24, 2.45) is 0 Å². The first kappa shape index (κ1) is 24.6. The number of carbonyl (C=O) groups excluding carboxylic acids is 2. The van der Waals surface area contributed by atoms with Crippen molar-refractivity contribution in [3.8, 4) is 11.5 Å². The number of para-hydroxylation sites is 3. The number of anilines is 2. The Kier molecular flexibility index (Phi) is 7.12. The van der Waals surface area contributed by atoms with E-state index in [2.05, 4.69) is 0 Å². The third-order valence-corrected chi connectivity index (χ3v) is 5.82. The monoisotopic (exact) mass is 502 g/mol. The molecule has 0 spiro atoms. The molecular formula is C27H22N2O6S. The second kappa shape index (κ2) is 10.4. The molecular weight excluding hydrogens is 480 g/mol. The summed E-state index contributed by atoms with van der Waals surface area (Å²) in [5.74, 6) is -2.08. The highest BCUT2D eigenvalue weighted by atomic mass is 32.1. The number of carbonyl (C=O) groups is 3. The molecule has 0 unspecified atom stereocenters. The number of hydrogen-bond acceptors (Lipinski definition) is 6. The number of amides is 2. The molecule has 4 rings (SSSR count). The molecule has 3 aromatic carbocycles. The van der Waals surface area contributed by atoms with Crippen LogP contribution in [0.5, 0.6) is 11.5 Å². The van der Waals surface area contributed by atoms with Gasteiger partial charge in [0.2, 0.25) is 0 Å². The maximum atomic E-state index is 13.7. The molecule has 1 aliphatic heterocycles. The van der Waals surface area contributed by atoms with Crippen LogP contribution in [0.15, 0.2) is 84.4 Å². The Bertz CT molecular complexity index is 1290. The molecule has 1 atom stereocenters. The van der Waals surface area contributed by atoms with E-state index in [1.165, 1.54) is 29.9 Å². The van der Waals surface area contributed by atoms with E-state index >= 15 is 0 Å². The van der Waals surface area contributed by atoms with Gasteiger partial charge in [-0.2, -0.15) is 0 Å². The zero-order valence-electron chi connectivity index (χ0n) is 19.5. The lowest BCUT2D eigenvalue weighted by atomic mass is 10.0. The van der Waals surface area contributed by atoms with E-state index in [0.29, 0.717) is 16.9 Å². The summed E-state index contributed by atoms with van der Waals surface area (Å²) in [4.78, 5) is 41.4. The van der Waals surface area contributed by atoms with Crippen LogP contribution in [-0.4, -0.2) is 41.2 Å². The Morgan fingerprint density at radius 1 is 0.889 bits per heavy atom. The molecule has 182 valence electrons. The number of ether oxygens (including phenoxy) is 2. The largest absolute Gasteiger partial charge is 0.493 e. The Morgan fingerprint density at radius 3 is 1.89 bits per heavy atom. The summed E-state index contributed by atoms with van der Waals surface area (Å²) >= 11 is 5.61. The van der Waals surface area contributed by atoms with Crippen molar-refractivity contribution in [2.75, 3.05) is 16.9 Å². The van der Waals surface area contributed by atoms with Crippen molar-refractivity contribution in [3.05, 3.63) is 90.0 Å². The third-order valence-electron chi connectivity index (χ3n) is 5.45. The van der Waals surface area contributed by atoms with Crippen LogP contribution in [0, 0.1) is 0 Å². The SMILES string of the molecule is COc1cccc(C=C2C(=O)N(c3ccccc3)C(=S)N(c3ccccc3)C2=O)c1O[C@@H](C)C(=O)O. The van der Waals surface area contributed by atoms with Crippen LogP contribution in [-0.2, 0) is 14.4 Å². The molecule has 1 aliphatic rings. The quantitative estimate of drug-likeness (QED) is 0.292. The summed E-state index contributed by atoms with van der Waals surface area (Å²) in [6, 6.07) is 22.4. The van der Waals surface area contributed by atoms with E-state index < -0.39 is 23.9 Å². The van der Waals surface area contributed by atoms with Crippen molar-refractivity contribution in [2.45, 2.75) is 13.0 Å². The van der Waals surface area contributed by atoms with Crippen LogP contribution >= 0.6 is 12.2 Å². The molecule has 0 saturated carbocycles. The van der Waals surface area contributed by atoms with E-state index in [9.17, 15) is 19.5 Å². The van der Waals surface area contributed by atoms with Crippen molar-refractivity contribution >= 4 is 52.6 Å². The van der Waals surface area contributed by atoms with Gasteiger partial charge in [0.15, 0.2) is 22.7 Å². The fourth-order valence-corrected chi connectivity index (χ4v) is 4.03. The van der Waals surface area contributed by atoms with E-state index in [1.54, 1.807) is 78.9 Å². The third kappa shape index (κ3) is 4.69. The number of carboxylic acids is 1. The van der Waals surface area contributed by atoms with E-state index in [1.807, 2.05) is 0 Å². The smallest absolute Gasteiger partial charge is 0.344 e. The number of thiocarbonyl (C=S) groups is 1. The highest BCUT2D eigenvalue weighted by Crippen LogP contribution is 2.36. The van der Waals surface area contributed by atoms with Gasteiger partial charge in [-0.15, -0.1) is 0 Å². The van der Waals surface area contributed by atoms with Gasteiger partial charge in [0.1, 0.15) is 5.57 Å². The van der Waals surface area contributed by atoms with Gasteiger partial charge in [0.25, 0.3) is 11.8 Å². The first-order valence-corrected chi connectivity index (χ1v) is 11.4. The summed E-state index contributed by atoms with van der Waals surface area (Å²) in [7, 11) is 1.41. The van der Waals surface area contributed by atoms with Gasteiger partial charge in [-0.1, -0.05) is 48.5 Å². The van der Waals surface area contributed by atoms with Gasteiger partial charge >= 0.3 is 5.97 Å². The lowest BCUT2D eigenvalue weighted by molar-refractivity contribution is -0.144. The van der Waals surface area contributed by atoms with E-state index in [4.69, 9.17) is 21.7 Å². The standard InChI is InChI=1S/C27H22N2O6S/c1-17(26(32)33)35-23-18(10-9-15-22(23)34-2)16-21-24(30)28(19-11-5-3-6-12-19)27(36)29(25(21)31)20-13-7-4-8-14-20/h3-17H,1-2H3,(H,32,33)/t17-/m0/s1. The van der Waals surface area contributed by atoms with Crippen molar-refractivity contribution in [3.63, 3.8) is 0 Å². The Labute approximate surface area is 213 Å². The normalized spacial score (nSPS) is 14.5. The van der Waals surface area contributed by atoms with Gasteiger partial charge < -0.3 is 14.6 Å². The number of benzene rings is 3. The molecule has 9 heteroatoms. The average Bonchev–Trinajstić information content (AvgIpc) is 2.88. The van der Waals surface area contributed by atoms with Gasteiger partial charge in [0, 0.05) is 5.56 Å². The van der Waals surface area contributed by atoms with Crippen LogP contribution in [0.1, 0.15) is 12.5 Å². The lowest BCUT2D eigenvalue weighted by Gasteiger charge is -2.36. The van der Waals surface area contributed by atoms with Crippen molar-refractivity contribution < 1.29 is 29.0 Å². The fraction of sp³-hybridized carbons (Fsp3) is 0.111. The molecule has 0 aliphatic carbocycles. The van der Waals surface area contributed by atoms with Gasteiger partial charge in [-0.3, -0.25) is 19.4 Å². The molecule has 0 bridgehead atoms. The number of aliphatic carboxylic acids is 1. The number of rotatable bonds is 7. The van der Waals surface area contributed by atoms with E-state index in [-0.39, 0.29) is 22.2 Å². The minimum Gasteiger partial charge on any atom is -0.493 e. The first-order valence-electron chi connectivity index (χ1n) is 10.9. The molecule has 1 N–H and O–H groups in total. The van der Waals surface area contributed by atoms with E-state index in [0.717, 1.165) is 0 Å². The molecule has 1 fully saturated rings. The second-order valence-electron chi connectivity index (χ2n) is 7.77. The maximum absolute atomic E-state index is 13.7. The maximum Gasteiger partial charge on any atom is 0.344 e. The van der Waals surface area contributed by atoms with Crippen LogP contribution in [0.2, 0.25) is 0 Å². The van der Waals surface area contributed by atoms with Crippen LogP contribution < -0.4 is 19.3 Å². The Morgan fingerprint density at radius 2 is 1.42 bits per heavy atom. The number of nitrogens with zero attached hydrogens (tertiary/aromatic N) is 2. The lowest BCUT2D eigenvalue weighted by Crippen LogP contribution is -2.56. The van der Waals surface area contributed by atoms with Crippen LogP contribution in [0.3, 0.4) is 0 Å². The summed E-state index contributed by atoms with van der Waals surface area (Å²) < 4.78 is 11.0. The van der Waals surface area contributed by atoms with Gasteiger partial charge in [-0.05, 0) is 55.5 Å². The minimum atomic E-state index is -1.20. The average molecular weight is 503 g/mol. The summed E-state index contributed by atoms with van der Waals surface area (Å²) in [5, 5.41) is 9.35. The molecule has 3 aromatic rings. The molecule has 8 nitrogen and oxygen atoms in total. The first-order chi connectivity index (χ1) is 17.3. The summed E-state index contributed by atoms with van der Waals surface area (Å²) in [6.45, 7) is 1.37. The van der Waals surface area contributed by atoms with Gasteiger partial charge in [-0.25, -0.2) is 4.79 Å². The molecule has 0 aromatic heterocycles.